The molecule has 31 heavy (non-hydrogen) atoms. The second-order valence-corrected chi connectivity index (χ2v) is 9.26. The van der Waals surface area contributed by atoms with Gasteiger partial charge in [-0.2, -0.15) is 0 Å². The maximum Gasteiger partial charge on any atom is 0.252 e. The van der Waals surface area contributed by atoms with E-state index in [1.165, 1.54) is 23.1 Å². The number of nitrogens with zero attached hydrogens (tertiary/aromatic N) is 2. The second-order valence-electron chi connectivity index (χ2n) is 7.70. The molecule has 2 aromatic carbocycles. The van der Waals surface area contributed by atoms with Crippen molar-refractivity contribution in [2.75, 3.05) is 30.4 Å². The van der Waals surface area contributed by atoms with Crippen LogP contribution >= 0.6 is 0 Å². The van der Waals surface area contributed by atoms with Crippen LogP contribution in [0.25, 0.3) is 0 Å². The Morgan fingerprint density at radius 1 is 1.16 bits per heavy atom. The normalized spacial score (nSPS) is 16.2. The fraction of sp³-hybridized carbons (Fsp3) is 0.364. The van der Waals surface area contributed by atoms with Crippen LogP contribution in [-0.4, -0.2) is 45.3 Å². The first kappa shape index (κ1) is 22.9. The zero-order valence-corrected chi connectivity index (χ0v) is 18.6. The van der Waals surface area contributed by atoms with Crippen LogP contribution in [0.2, 0.25) is 0 Å². The number of unbranched alkanes of at least 4 members (excludes halogenated alkanes) is 1. The number of nitrogens with one attached hydrogen (secondary N) is 1. The van der Waals surface area contributed by atoms with Crippen molar-refractivity contribution in [2.45, 2.75) is 37.1 Å². The molecule has 0 saturated carbocycles. The van der Waals surface area contributed by atoms with Gasteiger partial charge < -0.3 is 10.2 Å². The van der Waals surface area contributed by atoms with Crippen LogP contribution < -0.4 is 15.4 Å². The first-order valence-electron chi connectivity index (χ1n) is 10.3. The molecule has 1 atom stereocenters. The molecule has 0 aromatic heterocycles. The maximum atomic E-state index is 13.3. The van der Waals surface area contributed by atoms with Crippen LogP contribution in [0.5, 0.6) is 0 Å². The number of benzene rings is 2. The molecule has 1 aliphatic heterocycles. The van der Waals surface area contributed by atoms with E-state index in [-0.39, 0.29) is 22.9 Å². The molecule has 0 aliphatic carbocycles. The zero-order chi connectivity index (χ0) is 22.6. The average molecular weight is 445 g/mol. The highest BCUT2D eigenvalue weighted by Gasteiger charge is 2.38. The molecule has 9 heteroatoms. The third kappa shape index (κ3) is 5.30. The Balaban J connectivity index is 1.98. The van der Waals surface area contributed by atoms with E-state index in [0.29, 0.717) is 17.8 Å². The highest BCUT2D eigenvalue weighted by atomic mass is 32.2. The molecule has 2 amide bonds. The topological polar surface area (TPSA) is 113 Å². The van der Waals surface area contributed by atoms with Crippen molar-refractivity contribution >= 4 is 33.2 Å². The van der Waals surface area contributed by atoms with Gasteiger partial charge in [0.05, 0.1) is 16.3 Å². The summed E-state index contributed by atoms with van der Waals surface area (Å²) < 4.78 is 23.5. The summed E-state index contributed by atoms with van der Waals surface area (Å²) in [6.45, 7) is 3.56. The lowest BCUT2D eigenvalue weighted by molar-refractivity contribution is -0.124. The van der Waals surface area contributed by atoms with Gasteiger partial charge in [-0.3, -0.25) is 14.5 Å². The van der Waals surface area contributed by atoms with Crippen molar-refractivity contribution in [1.82, 2.24) is 4.90 Å². The van der Waals surface area contributed by atoms with E-state index >= 15 is 0 Å². The predicted octanol–water partition coefficient (Wildman–Crippen LogP) is 2.48. The summed E-state index contributed by atoms with van der Waals surface area (Å²) in [4.78, 5) is 29.8. The van der Waals surface area contributed by atoms with Crippen molar-refractivity contribution in [1.29, 1.82) is 0 Å². The number of hydrogen-bond donors (Lipinski definition) is 2. The summed E-state index contributed by atoms with van der Waals surface area (Å²) in [5.41, 5.74) is 1.37. The highest BCUT2D eigenvalue weighted by Crippen LogP contribution is 2.39. The number of anilines is 2. The van der Waals surface area contributed by atoms with E-state index in [0.717, 1.165) is 19.4 Å². The number of rotatable bonds is 8. The molecule has 1 unspecified atom stereocenters. The number of nitrogens with two attached hydrogens (primary N) is 1. The lowest BCUT2D eigenvalue weighted by Crippen LogP contribution is -2.46. The highest BCUT2D eigenvalue weighted by molar-refractivity contribution is 7.89. The lowest BCUT2D eigenvalue weighted by atomic mass is 9.99. The number of sulfonamides is 1. The summed E-state index contributed by atoms with van der Waals surface area (Å²) in [6.07, 6.45) is 2.34. The largest absolute Gasteiger partial charge is 0.322 e. The number of carbonyl (C=O) groups is 2. The van der Waals surface area contributed by atoms with Crippen molar-refractivity contribution in [3.05, 3.63) is 54.1 Å². The summed E-state index contributed by atoms with van der Waals surface area (Å²) in [5.74, 6) is -0.616. The third-order valence-electron chi connectivity index (χ3n) is 5.31. The number of carbonyl (C=O) groups excluding carboxylic acids is 2. The SMILES string of the molecule is CCCCN(C)CCC(=O)N1c2ccc(S(N)(=O)=O)cc2NC(=O)C1c1ccccc1. The fourth-order valence-electron chi connectivity index (χ4n) is 3.62. The van der Waals surface area contributed by atoms with Gasteiger partial charge in [-0.25, -0.2) is 13.6 Å². The molecule has 1 aliphatic rings. The third-order valence-corrected chi connectivity index (χ3v) is 6.22. The Morgan fingerprint density at radius 3 is 2.52 bits per heavy atom. The second kappa shape index (κ2) is 9.59. The van der Waals surface area contributed by atoms with Gasteiger partial charge in [-0.1, -0.05) is 43.7 Å². The molecule has 0 fully saturated rings. The smallest absolute Gasteiger partial charge is 0.252 e. The van der Waals surface area contributed by atoms with E-state index in [2.05, 4.69) is 17.1 Å². The van der Waals surface area contributed by atoms with Crippen molar-refractivity contribution < 1.29 is 18.0 Å². The van der Waals surface area contributed by atoms with E-state index in [9.17, 15) is 18.0 Å². The van der Waals surface area contributed by atoms with E-state index in [1.54, 1.807) is 12.1 Å². The average Bonchev–Trinajstić information content (AvgIpc) is 2.74. The molecule has 0 radical (unpaired) electrons. The molecular weight excluding hydrogens is 416 g/mol. The van der Waals surface area contributed by atoms with E-state index in [4.69, 9.17) is 5.14 Å². The van der Waals surface area contributed by atoms with Crippen LogP contribution in [-0.2, 0) is 19.6 Å². The summed E-state index contributed by atoms with van der Waals surface area (Å²) in [6, 6.07) is 12.4. The fourth-order valence-corrected chi connectivity index (χ4v) is 4.16. The minimum absolute atomic E-state index is 0.128. The van der Waals surface area contributed by atoms with E-state index in [1.807, 2.05) is 25.2 Å². The number of hydrogen-bond acceptors (Lipinski definition) is 5. The number of amides is 2. The first-order valence-corrected chi connectivity index (χ1v) is 11.8. The monoisotopic (exact) mass is 444 g/mol. The van der Waals surface area contributed by atoms with Gasteiger partial charge in [0, 0.05) is 13.0 Å². The quantitative estimate of drug-likeness (QED) is 0.649. The van der Waals surface area contributed by atoms with Gasteiger partial charge in [0.15, 0.2) is 0 Å². The maximum absolute atomic E-state index is 13.3. The van der Waals surface area contributed by atoms with Crippen LogP contribution in [0.1, 0.15) is 37.8 Å². The summed E-state index contributed by atoms with van der Waals surface area (Å²) in [7, 11) is -1.98. The van der Waals surface area contributed by atoms with Gasteiger partial charge in [-0.15, -0.1) is 0 Å². The van der Waals surface area contributed by atoms with Gasteiger partial charge in [0.1, 0.15) is 6.04 Å². The van der Waals surface area contributed by atoms with E-state index < -0.39 is 22.0 Å². The van der Waals surface area contributed by atoms with Crippen molar-refractivity contribution in [2.24, 2.45) is 5.14 Å². The molecule has 0 saturated heterocycles. The Morgan fingerprint density at radius 2 is 1.87 bits per heavy atom. The standard InChI is InChI=1S/C22H28N4O4S/c1-3-4-13-25(2)14-12-20(27)26-19-11-10-17(31(23,29)30)15-18(19)24-22(28)21(26)16-8-6-5-7-9-16/h5-11,15,21H,3-4,12-14H2,1-2H3,(H,24,28)(H2,23,29,30). The first-order chi connectivity index (χ1) is 14.7. The predicted molar refractivity (Wildman–Crippen MR) is 120 cm³/mol. The number of primary sulfonamides is 1. The number of fused-ring (bicyclic) bond motifs is 1. The van der Waals surface area contributed by atoms with Gasteiger partial charge in [0.25, 0.3) is 5.91 Å². The van der Waals surface area contributed by atoms with Gasteiger partial charge in [-0.05, 0) is 43.8 Å². The van der Waals surface area contributed by atoms with Crippen molar-refractivity contribution in [3.63, 3.8) is 0 Å². The van der Waals surface area contributed by atoms with Crippen LogP contribution in [0.4, 0.5) is 11.4 Å². The molecule has 3 N–H and O–H groups in total. The molecule has 8 nitrogen and oxygen atoms in total. The molecule has 2 aromatic rings. The molecule has 0 bridgehead atoms. The van der Waals surface area contributed by atoms with Crippen LogP contribution in [0, 0.1) is 0 Å². The Labute approximate surface area is 183 Å². The molecule has 166 valence electrons. The molecule has 0 spiro atoms. The van der Waals surface area contributed by atoms with Gasteiger partial charge >= 0.3 is 0 Å². The summed E-state index contributed by atoms with van der Waals surface area (Å²) >= 11 is 0. The summed E-state index contributed by atoms with van der Waals surface area (Å²) in [5, 5.41) is 7.97. The Kier molecular flexibility index (Phi) is 7.09. The Hall–Kier alpha value is -2.75. The molecule has 1 heterocycles. The lowest BCUT2D eigenvalue weighted by Gasteiger charge is -2.37. The van der Waals surface area contributed by atoms with Crippen molar-refractivity contribution in [3.8, 4) is 0 Å². The molecule has 3 rings (SSSR count). The van der Waals surface area contributed by atoms with Crippen LogP contribution in [0.3, 0.4) is 0 Å². The molecular formula is C22H28N4O4S. The Bertz CT molecular complexity index is 1060. The minimum Gasteiger partial charge on any atom is -0.322 e. The van der Waals surface area contributed by atoms with Gasteiger partial charge in [0.2, 0.25) is 15.9 Å². The minimum atomic E-state index is -3.95. The zero-order valence-electron chi connectivity index (χ0n) is 17.7. The van der Waals surface area contributed by atoms with Crippen LogP contribution in [0.15, 0.2) is 53.4 Å².